The van der Waals surface area contributed by atoms with E-state index < -0.39 is 0 Å². The van der Waals surface area contributed by atoms with Crippen molar-refractivity contribution in [3.05, 3.63) is 52.0 Å². The second kappa shape index (κ2) is 8.95. The lowest BCUT2D eigenvalue weighted by Gasteiger charge is -2.32. The number of ether oxygens (including phenoxy) is 2. The summed E-state index contributed by atoms with van der Waals surface area (Å²) in [6.45, 7) is 3.02. The first-order valence-corrected chi connectivity index (χ1v) is 10.7. The number of likely N-dealkylation sites (tertiary alicyclic amines) is 1. The molecule has 6 heteroatoms. The molecule has 4 rings (SSSR count). The van der Waals surface area contributed by atoms with Crippen LogP contribution in [0.15, 0.2) is 35.7 Å². The molecule has 0 spiro atoms. The minimum atomic E-state index is 0.0446. The maximum Gasteiger partial charge on any atom is 0.273 e. The van der Waals surface area contributed by atoms with Gasteiger partial charge in [0.05, 0.1) is 23.8 Å². The van der Waals surface area contributed by atoms with E-state index in [2.05, 4.69) is 17.1 Å². The molecular weight excluding hydrogens is 360 g/mol. The molecule has 2 aromatic rings. The molecule has 0 N–H and O–H groups in total. The molecule has 0 aliphatic carbocycles. The monoisotopic (exact) mass is 386 g/mol. The van der Waals surface area contributed by atoms with Gasteiger partial charge >= 0.3 is 0 Å². The molecule has 0 saturated carbocycles. The minimum Gasteiger partial charge on any atom is -0.376 e. The first-order chi connectivity index (χ1) is 13.3. The lowest BCUT2D eigenvalue weighted by molar-refractivity contribution is -0.0395. The predicted octanol–water partition coefficient (Wildman–Crippen LogP) is 3.53. The Morgan fingerprint density at radius 2 is 2.04 bits per heavy atom. The van der Waals surface area contributed by atoms with Crippen molar-refractivity contribution in [1.29, 1.82) is 0 Å². The highest BCUT2D eigenvalue weighted by atomic mass is 32.1. The average Bonchev–Trinajstić information content (AvgIpc) is 3.39. The van der Waals surface area contributed by atoms with Crippen LogP contribution in [0.4, 0.5) is 0 Å². The maximum atomic E-state index is 12.7. The van der Waals surface area contributed by atoms with Gasteiger partial charge in [-0.2, -0.15) is 0 Å². The summed E-state index contributed by atoms with van der Waals surface area (Å²) in [5, 5.41) is 2.88. The zero-order chi connectivity index (χ0) is 18.5. The highest BCUT2D eigenvalue weighted by Gasteiger charge is 2.26. The van der Waals surface area contributed by atoms with Crippen molar-refractivity contribution in [1.82, 2.24) is 9.88 Å². The van der Waals surface area contributed by atoms with Crippen molar-refractivity contribution in [3.8, 4) is 0 Å². The summed E-state index contributed by atoms with van der Waals surface area (Å²) in [5.74, 6) is 0.0446. The second-order valence-corrected chi connectivity index (χ2v) is 8.19. The number of rotatable bonds is 6. The van der Waals surface area contributed by atoms with Gasteiger partial charge in [-0.3, -0.25) is 4.79 Å². The summed E-state index contributed by atoms with van der Waals surface area (Å²) in [4.78, 5) is 19.2. The third kappa shape index (κ3) is 4.94. The summed E-state index contributed by atoms with van der Waals surface area (Å²) in [5.41, 5.74) is 1.79. The molecule has 1 amide bonds. The van der Waals surface area contributed by atoms with E-state index in [0.29, 0.717) is 12.3 Å². The number of piperidine rings is 1. The molecule has 1 aromatic heterocycles. The molecule has 1 aromatic carbocycles. The topological polar surface area (TPSA) is 51.7 Å². The number of nitrogens with zero attached hydrogens (tertiary/aromatic N) is 2. The Hall–Kier alpha value is -1.76. The standard InChI is InChI=1S/C21H26N2O3S/c24-21(19-15-27-20(22-19)13-16-5-2-1-3-6-16)23-10-8-17(9-11-23)26-14-18-7-4-12-25-18/h1-3,5-6,15,17-18H,4,7-14H2. The van der Waals surface area contributed by atoms with Crippen LogP contribution in [0.3, 0.4) is 0 Å². The smallest absolute Gasteiger partial charge is 0.273 e. The van der Waals surface area contributed by atoms with Crippen LogP contribution in [-0.4, -0.2) is 54.3 Å². The minimum absolute atomic E-state index is 0.0446. The number of thiazole rings is 1. The Balaban J connectivity index is 1.25. The number of aromatic nitrogens is 1. The highest BCUT2D eigenvalue weighted by Crippen LogP contribution is 2.21. The van der Waals surface area contributed by atoms with Crippen molar-refractivity contribution < 1.29 is 14.3 Å². The van der Waals surface area contributed by atoms with E-state index in [1.807, 2.05) is 28.5 Å². The van der Waals surface area contributed by atoms with E-state index in [0.717, 1.165) is 56.8 Å². The van der Waals surface area contributed by atoms with Crippen LogP contribution in [0.5, 0.6) is 0 Å². The molecule has 144 valence electrons. The molecule has 2 aliphatic rings. The van der Waals surface area contributed by atoms with Gasteiger partial charge in [-0.1, -0.05) is 30.3 Å². The van der Waals surface area contributed by atoms with E-state index >= 15 is 0 Å². The number of benzene rings is 1. The number of hydrogen-bond donors (Lipinski definition) is 0. The van der Waals surface area contributed by atoms with Crippen LogP contribution in [0.25, 0.3) is 0 Å². The van der Waals surface area contributed by atoms with Gasteiger partial charge in [0.25, 0.3) is 5.91 Å². The fourth-order valence-electron chi connectivity index (χ4n) is 3.67. The fraction of sp³-hybridized carbons (Fsp3) is 0.524. The van der Waals surface area contributed by atoms with Crippen molar-refractivity contribution in [2.24, 2.45) is 0 Å². The summed E-state index contributed by atoms with van der Waals surface area (Å²) >= 11 is 1.56. The first-order valence-electron chi connectivity index (χ1n) is 9.79. The number of amides is 1. The Morgan fingerprint density at radius 3 is 2.78 bits per heavy atom. The van der Waals surface area contributed by atoms with E-state index in [4.69, 9.17) is 9.47 Å². The molecule has 2 aliphatic heterocycles. The Morgan fingerprint density at radius 1 is 1.22 bits per heavy atom. The SMILES string of the molecule is O=C(c1csc(Cc2ccccc2)n1)N1CCC(OCC2CCCO2)CC1. The normalized spacial score (nSPS) is 20.9. The van der Waals surface area contributed by atoms with Gasteiger partial charge in [0.15, 0.2) is 0 Å². The Labute approximate surface area is 164 Å². The van der Waals surface area contributed by atoms with Crippen molar-refractivity contribution in [3.63, 3.8) is 0 Å². The van der Waals surface area contributed by atoms with Crippen molar-refractivity contribution in [2.45, 2.75) is 44.3 Å². The van der Waals surface area contributed by atoms with Gasteiger partial charge in [-0.05, 0) is 31.2 Å². The molecular formula is C21H26N2O3S. The Kier molecular flexibility index (Phi) is 6.17. The Bertz CT molecular complexity index is 735. The molecule has 27 heavy (non-hydrogen) atoms. The summed E-state index contributed by atoms with van der Waals surface area (Å²) in [6.07, 6.45) is 5.30. The first kappa shape index (κ1) is 18.6. The number of carbonyl (C=O) groups excluding carboxylic acids is 1. The van der Waals surface area contributed by atoms with Gasteiger partial charge < -0.3 is 14.4 Å². The van der Waals surface area contributed by atoms with Crippen LogP contribution < -0.4 is 0 Å². The third-order valence-electron chi connectivity index (χ3n) is 5.24. The van der Waals surface area contributed by atoms with E-state index in [9.17, 15) is 4.79 Å². The average molecular weight is 387 g/mol. The van der Waals surface area contributed by atoms with Gasteiger partial charge in [0, 0.05) is 31.5 Å². The predicted molar refractivity (Wildman–Crippen MR) is 105 cm³/mol. The van der Waals surface area contributed by atoms with E-state index in [1.54, 1.807) is 11.3 Å². The van der Waals surface area contributed by atoms with Gasteiger partial charge in [0.2, 0.25) is 0 Å². The van der Waals surface area contributed by atoms with Crippen molar-refractivity contribution >= 4 is 17.2 Å². The molecule has 2 saturated heterocycles. The highest BCUT2D eigenvalue weighted by molar-refractivity contribution is 7.09. The molecule has 1 unspecified atom stereocenters. The molecule has 1 atom stereocenters. The summed E-state index contributed by atoms with van der Waals surface area (Å²) in [7, 11) is 0. The van der Waals surface area contributed by atoms with E-state index in [-0.39, 0.29) is 18.1 Å². The van der Waals surface area contributed by atoms with Crippen LogP contribution in [0, 0.1) is 0 Å². The number of carbonyl (C=O) groups is 1. The summed E-state index contributed by atoms with van der Waals surface area (Å²) < 4.78 is 11.6. The zero-order valence-corrected chi connectivity index (χ0v) is 16.3. The van der Waals surface area contributed by atoms with Crippen LogP contribution in [0.2, 0.25) is 0 Å². The summed E-state index contributed by atoms with van der Waals surface area (Å²) in [6, 6.07) is 10.2. The van der Waals surface area contributed by atoms with Gasteiger partial charge in [-0.25, -0.2) is 4.98 Å². The quantitative estimate of drug-likeness (QED) is 0.762. The number of hydrogen-bond acceptors (Lipinski definition) is 5. The molecule has 0 bridgehead atoms. The molecule has 0 radical (unpaired) electrons. The van der Waals surface area contributed by atoms with E-state index in [1.165, 1.54) is 5.56 Å². The lowest BCUT2D eigenvalue weighted by Crippen LogP contribution is -2.41. The zero-order valence-electron chi connectivity index (χ0n) is 15.5. The van der Waals surface area contributed by atoms with Gasteiger partial charge in [0.1, 0.15) is 5.69 Å². The largest absolute Gasteiger partial charge is 0.376 e. The van der Waals surface area contributed by atoms with Crippen LogP contribution >= 0.6 is 11.3 Å². The third-order valence-corrected chi connectivity index (χ3v) is 6.09. The fourth-order valence-corrected chi connectivity index (χ4v) is 4.47. The maximum absolute atomic E-state index is 12.7. The second-order valence-electron chi connectivity index (χ2n) is 7.25. The van der Waals surface area contributed by atoms with Gasteiger partial charge in [-0.15, -0.1) is 11.3 Å². The molecule has 2 fully saturated rings. The molecule has 3 heterocycles. The van der Waals surface area contributed by atoms with Crippen LogP contribution in [0.1, 0.15) is 46.7 Å². The molecule has 5 nitrogen and oxygen atoms in total. The lowest BCUT2D eigenvalue weighted by atomic mass is 10.1. The van der Waals surface area contributed by atoms with Crippen molar-refractivity contribution in [2.75, 3.05) is 26.3 Å². The van der Waals surface area contributed by atoms with Crippen LogP contribution in [-0.2, 0) is 15.9 Å².